The Hall–Kier alpha value is -2.40. The Morgan fingerprint density at radius 1 is 1.16 bits per heavy atom. The second-order valence-electron chi connectivity index (χ2n) is 9.81. The summed E-state index contributed by atoms with van der Waals surface area (Å²) in [7, 11) is 0. The van der Waals surface area contributed by atoms with E-state index in [1.807, 2.05) is 13.0 Å². The van der Waals surface area contributed by atoms with E-state index < -0.39 is 5.97 Å². The van der Waals surface area contributed by atoms with E-state index in [1.165, 1.54) is 37.7 Å². The standard InChI is InChI=1S/C26H32N2O2S/c1-17-21(25(29)30)14-23(28(17)15-18-8-6-5-7-9-18)22-16-31-24(27-22)19-10-12-20(13-11-19)26(2,3)4/h10-14,16,18H,5-9,15H2,1-4H3,(H,29,30). The number of nitrogens with zero attached hydrogens (tertiary/aromatic N) is 2. The zero-order chi connectivity index (χ0) is 22.2. The first-order valence-corrected chi connectivity index (χ1v) is 12.1. The molecule has 1 fully saturated rings. The van der Waals surface area contributed by atoms with Crippen molar-refractivity contribution in [1.29, 1.82) is 0 Å². The highest BCUT2D eigenvalue weighted by molar-refractivity contribution is 7.13. The van der Waals surface area contributed by atoms with Crippen LogP contribution in [0.25, 0.3) is 22.0 Å². The molecule has 1 aliphatic rings. The molecule has 0 saturated heterocycles. The minimum atomic E-state index is -0.866. The summed E-state index contributed by atoms with van der Waals surface area (Å²) in [6, 6.07) is 10.4. The molecule has 1 saturated carbocycles. The van der Waals surface area contributed by atoms with E-state index in [4.69, 9.17) is 4.98 Å². The second kappa shape index (κ2) is 8.62. The molecule has 1 aromatic carbocycles. The number of aromatic carboxylic acids is 1. The van der Waals surface area contributed by atoms with E-state index in [9.17, 15) is 9.90 Å². The van der Waals surface area contributed by atoms with Crippen molar-refractivity contribution in [3.63, 3.8) is 0 Å². The topological polar surface area (TPSA) is 55.1 Å². The van der Waals surface area contributed by atoms with Gasteiger partial charge < -0.3 is 9.67 Å². The van der Waals surface area contributed by atoms with Crippen LogP contribution < -0.4 is 0 Å². The molecule has 0 amide bonds. The van der Waals surface area contributed by atoms with Crippen molar-refractivity contribution < 1.29 is 9.90 Å². The lowest BCUT2D eigenvalue weighted by Crippen LogP contribution is -2.16. The van der Waals surface area contributed by atoms with Crippen LogP contribution in [-0.2, 0) is 12.0 Å². The maximum Gasteiger partial charge on any atom is 0.337 e. The summed E-state index contributed by atoms with van der Waals surface area (Å²) in [6.45, 7) is 9.45. The number of hydrogen-bond donors (Lipinski definition) is 1. The van der Waals surface area contributed by atoms with Crippen molar-refractivity contribution >= 4 is 17.3 Å². The average Bonchev–Trinajstić information content (AvgIpc) is 3.34. The number of carboxylic acid groups (broad SMARTS) is 1. The average molecular weight is 437 g/mol. The Bertz CT molecular complexity index is 1060. The molecule has 5 heteroatoms. The van der Waals surface area contributed by atoms with Crippen LogP contribution >= 0.6 is 11.3 Å². The number of carboxylic acids is 1. The van der Waals surface area contributed by atoms with Gasteiger partial charge >= 0.3 is 5.97 Å². The summed E-state index contributed by atoms with van der Waals surface area (Å²) >= 11 is 1.62. The van der Waals surface area contributed by atoms with Gasteiger partial charge in [0.25, 0.3) is 0 Å². The summed E-state index contributed by atoms with van der Waals surface area (Å²) in [5.74, 6) is -0.252. The van der Waals surface area contributed by atoms with E-state index in [2.05, 4.69) is 55.0 Å². The normalized spacial score (nSPS) is 15.4. The first-order valence-electron chi connectivity index (χ1n) is 11.2. The van der Waals surface area contributed by atoms with Crippen LogP contribution in [0.2, 0.25) is 0 Å². The molecule has 3 aromatic rings. The van der Waals surface area contributed by atoms with Gasteiger partial charge in [0.05, 0.1) is 17.0 Å². The molecule has 2 heterocycles. The summed E-state index contributed by atoms with van der Waals surface area (Å²) < 4.78 is 2.20. The number of hydrogen-bond acceptors (Lipinski definition) is 3. The van der Waals surface area contributed by atoms with Gasteiger partial charge in [0.15, 0.2) is 0 Å². The van der Waals surface area contributed by atoms with E-state index in [1.54, 1.807) is 11.3 Å². The Balaban J connectivity index is 1.67. The van der Waals surface area contributed by atoms with Gasteiger partial charge in [-0.1, -0.05) is 64.3 Å². The summed E-state index contributed by atoms with van der Waals surface area (Å²) in [5, 5.41) is 12.7. The van der Waals surface area contributed by atoms with Crippen molar-refractivity contribution in [2.24, 2.45) is 5.92 Å². The number of benzene rings is 1. The zero-order valence-electron chi connectivity index (χ0n) is 18.9. The molecule has 0 spiro atoms. The molecule has 0 bridgehead atoms. The molecular formula is C26H32N2O2S. The molecule has 164 valence electrons. The Labute approximate surface area is 189 Å². The second-order valence-corrected chi connectivity index (χ2v) is 10.7. The highest BCUT2D eigenvalue weighted by Crippen LogP contribution is 2.34. The minimum Gasteiger partial charge on any atom is -0.478 e. The van der Waals surface area contributed by atoms with Gasteiger partial charge in [-0.25, -0.2) is 9.78 Å². The van der Waals surface area contributed by atoms with E-state index >= 15 is 0 Å². The molecule has 0 radical (unpaired) electrons. The van der Waals surface area contributed by atoms with E-state index in [0.717, 1.165) is 34.2 Å². The fraction of sp³-hybridized carbons (Fsp3) is 0.462. The fourth-order valence-corrected chi connectivity index (χ4v) is 5.39. The number of rotatable bonds is 5. The van der Waals surface area contributed by atoms with Gasteiger partial charge in [0, 0.05) is 23.2 Å². The van der Waals surface area contributed by atoms with Gasteiger partial charge in [-0.3, -0.25) is 0 Å². The van der Waals surface area contributed by atoms with Crippen LogP contribution in [0.5, 0.6) is 0 Å². The van der Waals surface area contributed by atoms with Crippen LogP contribution in [0.15, 0.2) is 35.7 Å². The van der Waals surface area contributed by atoms with Crippen molar-refractivity contribution in [3.8, 4) is 22.0 Å². The van der Waals surface area contributed by atoms with Gasteiger partial charge in [-0.05, 0) is 42.7 Å². The van der Waals surface area contributed by atoms with Crippen LogP contribution in [-0.4, -0.2) is 20.6 Å². The van der Waals surface area contributed by atoms with Gasteiger partial charge in [0.2, 0.25) is 0 Å². The number of aromatic nitrogens is 2. The first-order chi connectivity index (χ1) is 14.7. The van der Waals surface area contributed by atoms with Crippen molar-refractivity contribution in [2.75, 3.05) is 0 Å². The molecule has 1 N–H and O–H groups in total. The molecule has 1 aliphatic carbocycles. The Morgan fingerprint density at radius 2 is 1.84 bits per heavy atom. The van der Waals surface area contributed by atoms with Crippen molar-refractivity contribution in [3.05, 3.63) is 52.5 Å². The van der Waals surface area contributed by atoms with E-state index in [0.29, 0.717) is 11.5 Å². The summed E-state index contributed by atoms with van der Waals surface area (Å²) in [4.78, 5) is 16.7. The van der Waals surface area contributed by atoms with Gasteiger partial charge in [-0.15, -0.1) is 11.3 Å². The molecule has 0 atom stereocenters. The van der Waals surface area contributed by atoms with Gasteiger partial charge in [-0.2, -0.15) is 0 Å². The highest BCUT2D eigenvalue weighted by atomic mass is 32.1. The van der Waals surface area contributed by atoms with Crippen LogP contribution in [0.1, 0.15) is 74.5 Å². The lowest BCUT2D eigenvalue weighted by Gasteiger charge is -2.24. The SMILES string of the molecule is Cc1c(C(=O)O)cc(-c2csc(-c3ccc(C(C)(C)C)cc3)n2)n1CC1CCCCC1. The van der Waals surface area contributed by atoms with Crippen molar-refractivity contribution in [2.45, 2.75) is 71.8 Å². The first kappa shape index (κ1) is 21.8. The third kappa shape index (κ3) is 4.62. The molecule has 31 heavy (non-hydrogen) atoms. The predicted octanol–water partition coefficient (Wildman–Crippen LogP) is 7.16. The molecule has 4 rings (SSSR count). The van der Waals surface area contributed by atoms with Crippen molar-refractivity contribution in [1.82, 2.24) is 9.55 Å². The van der Waals surface area contributed by atoms with E-state index in [-0.39, 0.29) is 5.41 Å². The number of thiazole rings is 1. The lowest BCUT2D eigenvalue weighted by molar-refractivity contribution is 0.0696. The van der Waals surface area contributed by atoms with Crippen LogP contribution in [0.4, 0.5) is 0 Å². The molecule has 0 aliphatic heterocycles. The maximum atomic E-state index is 11.8. The Kier molecular flexibility index (Phi) is 6.07. The predicted molar refractivity (Wildman–Crippen MR) is 128 cm³/mol. The smallest absolute Gasteiger partial charge is 0.337 e. The Morgan fingerprint density at radius 3 is 2.45 bits per heavy atom. The zero-order valence-corrected chi connectivity index (χ0v) is 19.8. The van der Waals surface area contributed by atoms with Crippen LogP contribution in [0.3, 0.4) is 0 Å². The highest BCUT2D eigenvalue weighted by Gasteiger charge is 2.23. The quantitative estimate of drug-likeness (QED) is 0.461. The van der Waals surface area contributed by atoms with Gasteiger partial charge in [0.1, 0.15) is 5.01 Å². The molecular weight excluding hydrogens is 404 g/mol. The fourth-order valence-electron chi connectivity index (χ4n) is 4.57. The largest absolute Gasteiger partial charge is 0.478 e. The third-order valence-corrected chi connectivity index (χ3v) is 7.42. The number of carbonyl (C=O) groups is 1. The molecule has 2 aromatic heterocycles. The van der Waals surface area contributed by atoms with Crippen LogP contribution in [0, 0.1) is 12.8 Å². The lowest BCUT2D eigenvalue weighted by atomic mass is 9.87. The minimum absolute atomic E-state index is 0.122. The molecule has 0 unspecified atom stereocenters. The summed E-state index contributed by atoms with van der Waals surface area (Å²) in [5.41, 5.74) is 5.53. The monoisotopic (exact) mass is 436 g/mol. The molecule has 4 nitrogen and oxygen atoms in total. The maximum absolute atomic E-state index is 11.8. The third-order valence-electron chi connectivity index (χ3n) is 6.53. The summed E-state index contributed by atoms with van der Waals surface area (Å²) in [6.07, 6.45) is 6.32.